The van der Waals surface area contributed by atoms with Crippen molar-refractivity contribution in [1.29, 1.82) is 0 Å². The first-order valence-electron chi connectivity index (χ1n) is 5.41. The summed E-state index contributed by atoms with van der Waals surface area (Å²) in [5, 5.41) is 2.75. The van der Waals surface area contributed by atoms with Crippen LogP contribution in [0.4, 0.5) is 0 Å². The third-order valence-corrected chi connectivity index (χ3v) is 1.71. The van der Waals surface area contributed by atoms with Crippen molar-refractivity contribution in [3.63, 3.8) is 0 Å². The summed E-state index contributed by atoms with van der Waals surface area (Å²) < 4.78 is 0. The van der Waals surface area contributed by atoms with E-state index in [2.05, 4.69) is 19.2 Å². The molecule has 0 aliphatic carbocycles. The summed E-state index contributed by atoms with van der Waals surface area (Å²) in [5.74, 6) is 0. The molecule has 0 spiro atoms. The summed E-state index contributed by atoms with van der Waals surface area (Å²) in [5.41, 5.74) is 0. The number of nitrogens with one attached hydrogen (secondary N) is 1. The standard InChI is InChI=1S/C9H20.C2H7N.ClH/c1-3-5-7-9-8-6-4-2;1-3-2;/h3-9H2,1-2H3;3H,1-2H3;1H. The maximum absolute atomic E-state index is 2.75. The highest BCUT2D eigenvalue weighted by molar-refractivity contribution is 5.85. The normalized spacial score (nSPS) is 8.31. The minimum Gasteiger partial charge on any atom is -0.323 e. The molecule has 0 aromatic rings. The predicted molar refractivity (Wildman–Crippen MR) is 65.9 cm³/mol. The van der Waals surface area contributed by atoms with E-state index < -0.39 is 0 Å². The molecule has 0 radical (unpaired) electrons. The van der Waals surface area contributed by atoms with Crippen LogP contribution in [0.15, 0.2) is 0 Å². The molecular weight excluding hydrogens is 182 g/mol. The van der Waals surface area contributed by atoms with Crippen molar-refractivity contribution in [1.82, 2.24) is 5.32 Å². The molecule has 84 valence electrons. The Hall–Kier alpha value is 0.250. The van der Waals surface area contributed by atoms with Crippen LogP contribution in [0.25, 0.3) is 0 Å². The zero-order valence-corrected chi connectivity index (χ0v) is 10.7. The lowest BCUT2D eigenvalue weighted by Crippen LogP contribution is -1.89. The molecule has 0 bridgehead atoms. The second kappa shape index (κ2) is 22.8. The molecule has 0 atom stereocenters. The highest BCUT2D eigenvalue weighted by Gasteiger charge is 1.85. The first-order valence-corrected chi connectivity index (χ1v) is 5.41. The molecular formula is C11H28ClN. The third-order valence-electron chi connectivity index (χ3n) is 1.71. The Kier molecular flexibility index (Phi) is 33.2. The van der Waals surface area contributed by atoms with Gasteiger partial charge in [0.15, 0.2) is 0 Å². The van der Waals surface area contributed by atoms with Gasteiger partial charge in [0.05, 0.1) is 0 Å². The van der Waals surface area contributed by atoms with Crippen LogP contribution in [0.2, 0.25) is 0 Å². The van der Waals surface area contributed by atoms with Gasteiger partial charge >= 0.3 is 0 Å². The number of unbranched alkanes of at least 4 members (excludes halogenated alkanes) is 6. The van der Waals surface area contributed by atoms with Crippen LogP contribution in [0.3, 0.4) is 0 Å². The zero-order valence-electron chi connectivity index (χ0n) is 9.86. The molecule has 0 rings (SSSR count). The fourth-order valence-corrected chi connectivity index (χ4v) is 1.03. The van der Waals surface area contributed by atoms with E-state index in [1.165, 1.54) is 44.9 Å². The quantitative estimate of drug-likeness (QED) is 0.652. The van der Waals surface area contributed by atoms with Gasteiger partial charge in [0.25, 0.3) is 0 Å². The number of hydrogen-bond donors (Lipinski definition) is 1. The van der Waals surface area contributed by atoms with Gasteiger partial charge < -0.3 is 5.32 Å². The summed E-state index contributed by atoms with van der Waals surface area (Å²) in [6.07, 6.45) is 9.97. The largest absolute Gasteiger partial charge is 0.323 e. The summed E-state index contributed by atoms with van der Waals surface area (Å²) in [4.78, 5) is 0. The molecule has 13 heavy (non-hydrogen) atoms. The molecule has 0 fully saturated rings. The van der Waals surface area contributed by atoms with E-state index in [1.54, 1.807) is 0 Å². The van der Waals surface area contributed by atoms with E-state index in [0.29, 0.717) is 0 Å². The van der Waals surface area contributed by atoms with Gasteiger partial charge in [-0.05, 0) is 14.1 Å². The van der Waals surface area contributed by atoms with Crippen molar-refractivity contribution < 1.29 is 0 Å². The Balaban J connectivity index is -0.000000220. The minimum absolute atomic E-state index is 0. The fraction of sp³-hybridized carbons (Fsp3) is 1.00. The molecule has 0 aliphatic heterocycles. The molecule has 0 saturated carbocycles. The molecule has 1 N–H and O–H groups in total. The van der Waals surface area contributed by atoms with Crippen LogP contribution in [0.5, 0.6) is 0 Å². The van der Waals surface area contributed by atoms with E-state index >= 15 is 0 Å². The lowest BCUT2D eigenvalue weighted by molar-refractivity contribution is 0.602. The van der Waals surface area contributed by atoms with Crippen LogP contribution in [0, 0.1) is 0 Å². The maximum Gasteiger partial charge on any atom is -0.0167 e. The molecule has 2 heteroatoms. The van der Waals surface area contributed by atoms with Gasteiger partial charge in [-0.1, -0.05) is 58.8 Å². The predicted octanol–water partition coefficient (Wildman–Crippen LogP) is 4.01. The Bertz CT molecular complexity index is 52.1. The Morgan fingerprint density at radius 1 is 0.692 bits per heavy atom. The van der Waals surface area contributed by atoms with Crippen LogP contribution in [0.1, 0.15) is 58.8 Å². The van der Waals surface area contributed by atoms with Crippen molar-refractivity contribution in [2.45, 2.75) is 58.8 Å². The maximum atomic E-state index is 2.75. The van der Waals surface area contributed by atoms with Gasteiger partial charge in [-0.25, -0.2) is 0 Å². The van der Waals surface area contributed by atoms with E-state index in [0.717, 1.165) is 0 Å². The van der Waals surface area contributed by atoms with Gasteiger partial charge in [0.1, 0.15) is 0 Å². The molecule has 0 amide bonds. The molecule has 1 nitrogen and oxygen atoms in total. The molecule has 0 aliphatic rings. The van der Waals surface area contributed by atoms with E-state index in [9.17, 15) is 0 Å². The highest BCUT2D eigenvalue weighted by atomic mass is 35.5. The first kappa shape index (κ1) is 18.9. The van der Waals surface area contributed by atoms with Gasteiger partial charge in [-0.2, -0.15) is 0 Å². The Labute approximate surface area is 91.1 Å². The van der Waals surface area contributed by atoms with Crippen molar-refractivity contribution in [2.24, 2.45) is 0 Å². The molecule has 0 aromatic carbocycles. The lowest BCUT2D eigenvalue weighted by Gasteiger charge is -1.96. The van der Waals surface area contributed by atoms with E-state index in [-0.39, 0.29) is 12.4 Å². The molecule has 0 aromatic heterocycles. The number of rotatable bonds is 6. The molecule has 0 heterocycles. The first-order chi connectivity index (χ1) is 5.83. The SMILES string of the molecule is CCCCCCCCC.CNC.Cl. The van der Waals surface area contributed by atoms with Crippen molar-refractivity contribution in [3.05, 3.63) is 0 Å². The Morgan fingerprint density at radius 2 is 0.923 bits per heavy atom. The third kappa shape index (κ3) is 32.9. The van der Waals surface area contributed by atoms with Crippen LogP contribution in [-0.2, 0) is 0 Å². The minimum atomic E-state index is 0. The van der Waals surface area contributed by atoms with Crippen LogP contribution in [-0.4, -0.2) is 14.1 Å². The fourth-order valence-electron chi connectivity index (χ4n) is 1.03. The van der Waals surface area contributed by atoms with Gasteiger partial charge in [-0.15, -0.1) is 12.4 Å². The lowest BCUT2D eigenvalue weighted by atomic mass is 10.1. The average molecular weight is 210 g/mol. The number of hydrogen-bond acceptors (Lipinski definition) is 1. The summed E-state index contributed by atoms with van der Waals surface area (Å²) >= 11 is 0. The molecule has 0 saturated heterocycles. The Morgan fingerprint density at radius 3 is 1.15 bits per heavy atom. The summed E-state index contributed by atoms with van der Waals surface area (Å²) in [6.45, 7) is 4.53. The van der Waals surface area contributed by atoms with E-state index in [4.69, 9.17) is 0 Å². The summed E-state index contributed by atoms with van der Waals surface area (Å²) in [6, 6.07) is 0. The second-order valence-corrected chi connectivity index (χ2v) is 3.27. The monoisotopic (exact) mass is 209 g/mol. The van der Waals surface area contributed by atoms with Gasteiger partial charge in [-0.3, -0.25) is 0 Å². The molecule has 0 unspecified atom stereocenters. The second-order valence-electron chi connectivity index (χ2n) is 3.27. The van der Waals surface area contributed by atoms with Gasteiger partial charge in [0, 0.05) is 0 Å². The number of halogens is 1. The van der Waals surface area contributed by atoms with Crippen LogP contribution < -0.4 is 5.32 Å². The van der Waals surface area contributed by atoms with Crippen molar-refractivity contribution >= 4 is 12.4 Å². The highest BCUT2D eigenvalue weighted by Crippen LogP contribution is 2.05. The summed E-state index contributed by atoms with van der Waals surface area (Å²) in [7, 11) is 3.75. The van der Waals surface area contributed by atoms with Crippen LogP contribution >= 0.6 is 12.4 Å². The van der Waals surface area contributed by atoms with E-state index in [1.807, 2.05) is 14.1 Å². The van der Waals surface area contributed by atoms with Crippen molar-refractivity contribution in [3.8, 4) is 0 Å². The van der Waals surface area contributed by atoms with Gasteiger partial charge in [0.2, 0.25) is 0 Å². The topological polar surface area (TPSA) is 12.0 Å². The smallest absolute Gasteiger partial charge is 0.0167 e. The average Bonchev–Trinajstić information content (AvgIpc) is 2.06. The zero-order chi connectivity index (χ0) is 9.66. The van der Waals surface area contributed by atoms with Crippen molar-refractivity contribution in [2.75, 3.05) is 14.1 Å².